The van der Waals surface area contributed by atoms with E-state index in [0.717, 1.165) is 35.9 Å². The summed E-state index contributed by atoms with van der Waals surface area (Å²) in [6.45, 7) is 3.93. The molecule has 3 rings (SSSR count). The van der Waals surface area contributed by atoms with Crippen molar-refractivity contribution in [2.45, 2.75) is 32.9 Å². The number of aliphatic imine (C=N–C) groups is 1. The number of hydrogen-bond acceptors (Lipinski definition) is 4. The molecule has 9 heteroatoms. The molecule has 1 amide bonds. The quantitative estimate of drug-likeness (QED) is 0.385. The van der Waals surface area contributed by atoms with Crippen LogP contribution >= 0.6 is 24.0 Å². The maximum atomic E-state index is 11.8. The van der Waals surface area contributed by atoms with Crippen molar-refractivity contribution >= 4 is 41.5 Å². The number of guanidine groups is 1. The zero-order valence-electron chi connectivity index (χ0n) is 15.9. The first kappa shape index (κ1) is 21.1. The number of aryl methyl sites for hydroxylation is 1. The highest BCUT2D eigenvalue weighted by atomic mass is 127. The van der Waals surface area contributed by atoms with E-state index < -0.39 is 0 Å². The van der Waals surface area contributed by atoms with Crippen LogP contribution in [0.5, 0.6) is 0 Å². The van der Waals surface area contributed by atoms with E-state index in [1.54, 1.807) is 7.05 Å². The number of anilines is 1. The third-order valence-corrected chi connectivity index (χ3v) is 4.60. The second-order valence-electron chi connectivity index (χ2n) is 6.32. The third-order valence-electron chi connectivity index (χ3n) is 4.60. The first-order valence-electron chi connectivity index (χ1n) is 8.77. The first-order chi connectivity index (χ1) is 12.6. The lowest BCUT2D eigenvalue weighted by atomic mass is 10.2. The fourth-order valence-corrected chi connectivity index (χ4v) is 2.89. The topological polar surface area (TPSA) is 87.4 Å². The van der Waals surface area contributed by atoms with E-state index >= 15 is 0 Å². The molecule has 0 atom stereocenters. The largest absolute Gasteiger partial charge is 0.352 e. The number of carbonyl (C=O) groups excluding carboxylic acids is 1. The molecule has 27 heavy (non-hydrogen) atoms. The van der Waals surface area contributed by atoms with E-state index in [1.807, 2.05) is 47.7 Å². The summed E-state index contributed by atoms with van der Waals surface area (Å²) in [7, 11) is 3.68. The Labute approximate surface area is 176 Å². The molecule has 2 aromatic rings. The van der Waals surface area contributed by atoms with E-state index in [9.17, 15) is 4.79 Å². The van der Waals surface area contributed by atoms with E-state index in [4.69, 9.17) is 0 Å². The van der Waals surface area contributed by atoms with Crippen molar-refractivity contribution < 1.29 is 4.79 Å². The third kappa shape index (κ3) is 5.18. The Morgan fingerprint density at radius 1 is 1.19 bits per heavy atom. The van der Waals surface area contributed by atoms with Gasteiger partial charge in [-0.05, 0) is 31.0 Å². The van der Waals surface area contributed by atoms with Crippen LogP contribution in [0, 0.1) is 6.92 Å². The summed E-state index contributed by atoms with van der Waals surface area (Å²) in [4.78, 5) is 17.9. The number of rotatable bonds is 5. The average molecular weight is 483 g/mol. The molecule has 8 nitrogen and oxygen atoms in total. The summed E-state index contributed by atoms with van der Waals surface area (Å²) in [5, 5.41) is 14.7. The summed E-state index contributed by atoms with van der Waals surface area (Å²) in [5.41, 5.74) is 2.09. The van der Waals surface area contributed by atoms with E-state index in [1.165, 1.54) is 0 Å². The van der Waals surface area contributed by atoms with Gasteiger partial charge in [-0.25, -0.2) is 0 Å². The highest BCUT2D eigenvalue weighted by Gasteiger charge is 2.21. The van der Waals surface area contributed by atoms with Crippen molar-refractivity contribution in [3.8, 4) is 0 Å². The molecule has 1 aliphatic rings. The summed E-state index contributed by atoms with van der Waals surface area (Å²) in [5.74, 6) is 2.63. The van der Waals surface area contributed by atoms with Crippen molar-refractivity contribution in [2.75, 3.05) is 18.5 Å². The number of benzene rings is 1. The van der Waals surface area contributed by atoms with Crippen LogP contribution in [0.1, 0.15) is 30.1 Å². The number of nitrogens with zero attached hydrogens (tertiary/aromatic N) is 5. The van der Waals surface area contributed by atoms with Gasteiger partial charge in [0.15, 0.2) is 11.8 Å². The lowest BCUT2D eigenvalue weighted by Crippen LogP contribution is -2.36. The molecule has 0 spiro atoms. The van der Waals surface area contributed by atoms with Gasteiger partial charge in [-0.3, -0.25) is 9.79 Å². The minimum atomic E-state index is 0. The van der Waals surface area contributed by atoms with Gasteiger partial charge in [-0.2, -0.15) is 0 Å². The Hall–Kier alpha value is -2.17. The van der Waals surface area contributed by atoms with E-state index in [2.05, 4.69) is 25.8 Å². The minimum absolute atomic E-state index is 0. The molecule has 1 aliphatic heterocycles. The Morgan fingerprint density at radius 3 is 2.44 bits per heavy atom. The van der Waals surface area contributed by atoms with Gasteiger partial charge in [0.1, 0.15) is 5.82 Å². The van der Waals surface area contributed by atoms with Gasteiger partial charge in [-0.15, -0.1) is 34.2 Å². The summed E-state index contributed by atoms with van der Waals surface area (Å²) in [6.07, 6.45) is 1.59. The Morgan fingerprint density at radius 2 is 1.89 bits per heavy atom. The van der Waals surface area contributed by atoms with Crippen molar-refractivity contribution in [1.29, 1.82) is 0 Å². The van der Waals surface area contributed by atoms with E-state index in [-0.39, 0.29) is 29.9 Å². The molecular weight excluding hydrogens is 457 g/mol. The Balaban J connectivity index is 0.00000261. The fourth-order valence-electron chi connectivity index (χ4n) is 2.89. The maximum Gasteiger partial charge on any atom is 0.227 e. The number of amides is 1. The molecule has 1 saturated heterocycles. The van der Waals surface area contributed by atoms with Gasteiger partial charge in [0.05, 0.1) is 6.54 Å². The van der Waals surface area contributed by atoms with Crippen molar-refractivity contribution in [2.24, 2.45) is 12.0 Å². The van der Waals surface area contributed by atoms with Crippen LogP contribution in [0.4, 0.5) is 5.69 Å². The molecule has 1 aromatic heterocycles. The smallest absolute Gasteiger partial charge is 0.227 e. The lowest BCUT2D eigenvalue weighted by Gasteiger charge is -2.16. The fraction of sp³-hybridized carbons (Fsp3) is 0.444. The van der Waals surface area contributed by atoms with Gasteiger partial charge in [0.2, 0.25) is 5.91 Å². The monoisotopic (exact) mass is 483 g/mol. The Kier molecular flexibility index (Phi) is 7.57. The molecule has 1 fully saturated rings. The standard InChI is InChI=1S/C18H25N7O.HI/c1-13-22-23-16(24(13)3)12-21-18(19-2)20-11-14-6-8-15(9-7-14)25-10-4-5-17(25)26;/h6-9H,4-5,10-12H2,1-3H3,(H2,19,20,21);1H. The van der Waals surface area contributed by atoms with Crippen LogP contribution in [0.15, 0.2) is 29.3 Å². The first-order valence-corrected chi connectivity index (χ1v) is 8.77. The summed E-state index contributed by atoms with van der Waals surface area (Å²) < 4.78 is 1.94. The van der Waals surface area contributed by atoms with Gasteiger partial charge in [0.25, 0.3) is 0 Å². The van der Waals surface area contributed by atoms with Crippen LogP contribution in [0.3, 0.4) is 0 Å². The van der Waals surface area contributed by atoms with Crippen LogP contribution in [-0.2, 0) is 24.9 Å². The van der Waals surface area contributed by atoms with Gasteiger partial charge < -0.3 is 20.1 Å². The van der Waals surface area contributed by atoms with Crippen molar-refractivity contribution in [3.63, 3.8) is 0 Å². The summed E-state index contributed by atoms with van der Waals surface area (Å²) in [6, 6.07) is 8.07. The van der Waals surface area contributed by atoms with Crippen molar-refractivity contribution in [3.05, 3.63) is 41.5 Å². The predicted octanol–water partition coefficient (Wildman–Crippen LogP) is 1.73. The minimum Gasteiger partial charge on any atom is -0.352 e. The Bertz CT molecular complexity index is 801. The lowest BCUT2D eigenvalue weighted by molar-refractivity contribution is -0.117. The van der Waals surface area contributed by atoms with Crippen LogP contribution < -0.4 is 15.5 Å². The number of halogens is 1. The van der Waals surface area contributed by atoms with Gasteiger partial charge in [-0.1, -0.05) is 12.1 Å². The highest BCUT2D eigenvalue weighted by Crippen LogP contribution is 2.21. The number of nitrogens with one attached hydrogen (secondary N) is 2. The molecule has 0 bridgehead atoms. The zero-order valence-corrected chi connectivity index (χ0v) is 18.2. The molecule has 0 aliphatic carbocycles. The molecule has 2 heterocycles. The highest BCUT2D eigenvalue weighted by molar-refractivity contribution is 14.0. The van der Waals surface area contributed by atoms with E-state index in [0.29, 0.717) is 25.5 Å². The van der Waals surface area contributed by atoms with Crippen LogP contribution in [0.2, 0.25) is 0 Å². The molecule has 1 aromatic carbocycles. The van der Waals surface area contributed by atoms with Gasteiger partial charge >= 0.3 is 0 Å². The zero-order chi connectivity index (χ0) is 18.5. The predicted molar refractivity (Wildman–Crippen MR) is 116 cm³/mol. The SMILES string of the molecule is CN=C(NCc1ccc(N2CCCC2=O)cc1)NCc1nnc(C)n1C.I. The summed E-state index contributed by atoms with van der Waals surface area (Å²) >= 11 is 0. The maximum absolute atomic E-state index is 11.8. The van der Waals surface area contributed by atoms with Crippen LogP contribution in [-0.4, -0.2) is 40.2 Å². The second-order valence-corrected chi connectivity index (χ2v) is 6.32. The average Bonchev–Trinajstić information content (AvgIpc) is 3.22. The second kappa shape index (κ2) is 9.67. The molecular formula is C18H26IN7O. The number of hydrogen-bond donors (Lipinski definition) is 2. The molecule has 0 unspecified atom stereocenters. The normalized spacial score (nSPS) is 14.3. The van der Waals surface area contributed by atoms with Crippen LogP contribution in [0.25, 0.3) is 0 Å². The molecule has 2 N–H and O–H groups in total. The number of aromatic nitrogens is 3. The molecule has 0 radical (unpaired) electrons. The molecule has 146 valence electrons. The van der Waals surface area contributed by atoms with Crippen molar-refractivity contribution in [1.82, 2.24) is 25.4 Å². The number of carbonyl (C=O) groups is 1. The van der Waals surface area contributed by atoms with Gasteiger partial charge in [0, 0.05) is 39.3 Å². The molecule has 0 saturated carbocycles.